The number of carbonyl (C=O) groups excluding carboxylic acids is 1. The maximum absolute atomic E-state index is 12.4. The van der Waals surface area contributed by atoms with Crippen molar-refractivity contribution in [2.24, 2.45) is 0 Å². The molecule has 0 saturated carbocycles. The first-order valence-corrected chi connectivity index (χ1v) is 15.1. The van der Waals surface area contributed by atoms with Gasteiger partial charge in [-0.2, -0.15) is 9.97 Å². The van der Waals surface area contributed by atoms with Gasteiger partial charge in [0.1, 0.15) is 0 Å². The molecule has 0 aliphatic rings. The zero-order valence-electron chi connectivity index (χ0n) is 24.7. The third-order valence-electron chi connectivity index (χ3n) is 6.36. The molecule has 3 aromatic rings. The normalized spacial score (nSPS) is 11.5. The maximum Gasteiger partial charge on any atom is 0.274 e. The number of carbonyl (C=O) groups is 1. The number of hydrogen-bond donors (Lipinski definition) is 3. The second-order valence-electron chi connectivity index (χ2n) is 10.6. The van der Waals surface area contributed by atoms with Crippen molar-refractivity contribution in [3.8, 4) is 0 Å². The van der Waals surface area contributed by atoms with Crippen molar-refractivity contribution in [1.29, 1.82) is 0 Å². The fourth-order valence-corrected chi connectivity index (χ4v) is 4.92. The van der Waals surface area contributed by atoms with Crippen molar-refractivity contribution >= 4 is 40.9 Å². The lowest BCUT2D eigenvalue weighted by Gasteiger charge is -2.28. The molecule has 3 N–H and O–H groups in total. The summed E-state index contributed by atoms with van der Waals surface area (Å²) in [7, 11) is 0. The summed E-state index contributed by atoms with van der Waals surface area (Å²) in [5.41, 5.74) is 0.920. The molecule has 0 saturated heterocycles. The molecule has 0 aliphatic carbocycles. The zero-order valence-corrected chi connectivity index (χ0v) is 26.3. The molecule has 0 atom stereocenters. The van der Waals surface area contributed by atoms with E-state index >= 15 is 0 Å². The summed E-state index contributed by atoms with van der Waals surface area (Å²) in [6.07, 6.45) is 0. The largest absolute Gasteiger partial charge is 0.353 e. The summed E-state index contributed by atoms with van der Waals surface area (Å²) < 4.78 is 0. The minimum Gasteiger partial charge on any atom is -0.353 e. The number of halogens is 1. The predicted octanol–water partition coefficient (Wildman–Crippen LogP) is 5.01. The number of nitrogens with one attached hydrogen (secondary N) is 3. The fourth-order valence-electron chi connectivity index (χ4n) is 4.00. The number of hydrogen-bond acceptors (Lipinski definition) is 10. The van der Waals surface area contributed by atoms with Gasteiger partial charge in [0.2, 0.25) is 11.9 Å². The number of nitro benzene ring substituents is 1. The lowest BCUT2D eigenvalue weighted by Crippen LogP contribution is -2.43. The molecule has 0 aliphatic heterocycles. The van der Waals surface area contributed by atoms with Gasteiger partial charge < -0.3 is 20.9 Å². The number of aromatic nitrogens is 3. The van der Waals surface area contributed by atoms with Crippen molar-refractivity contribution in [1.82, 2.24) is 30.5 Å². The number of amides is 1. The molecular weight excluding hydrogens is 576 g/mol. The van der Waals surface area contributed by atoms with Crippen LogP contribution >= 0.6 is 23.4 Å². The van der Waals surface area contributed by atoms with Gasteiger partial charge in [-0.15, -0.1) is 0 Å². The van der Waals surface area contributed by atoms with Crippen molar-refractivity contribution < 1.29 is 9.72 Å². The zero-order chi connectivity index (χ0) is 30.7. The van der Waals surface area contributed by atoms with Crippen LogP contribution in [0.5, 0.6) is 0 Å². The standard InChI is InChI=1S/C29H39ClN8O3S/c1-20(2)31-14-15-32-27-34-26(35-28(36-27)42-19-22-10-12-24(30)13-11-22)29(4,5)33-16-17-37(21(3)39)18-23-8-6-7-9-25(23)38(40)41/h6-13,20,31,33H,14-19H2,1-5H3,(H,32,34,35,36). The monoisotopic (exact) mass is 614 g/mol. The fraction of sp³-hybridized carbons (Fsp3) is 0.448. The average molecular weight is 615 g/mol. The number of thioether (sulfide) groups is 1. The molecule has 0 spiro atoms. The highest BCUT2D eigenvalue weighted by molar-refractivity contribution is 7.98. The number of anilines is 1. The Morgan fingerprint density at radius 3 is 2.45 bits per heavy atom. The minimum absolute atomic E-state index is 0.00511. The SMILES string of the molecule is CC(=O)N(CCNC(C)(C)c1nc(NCCNC(C)C)nc(SCc2ccc(Cl)cc2)n1)Cc1ccccc1[N+](=O)[O-]. The number of nitro groups is 1. The van der Waals surface area contributed by atoms with Crippen LogP contribution in [-0.4, -0.2) is 62.9 Å². The topological polar surface area (TPSA) is 138 Å². The molecule has 226 valence electrons. The molecule has 1 heterocycles. The molecule has 0 radical (unpaired) electrons. The van der Waals surface area contributed by atoms with E-state index in [4.69, 9.17) is 21.6 Å². The van der Waals surface area contributed by atoms with Gasteiger partial charge in [-0.1, -0.05) is 67.5 Å². The van der Waals surface area contributed by atoms with Gasteiger partial charge in [0.25, 0.3) is 5.69 Å². The lowest BCUT2D eigenvalue weighted by atomic mass is 10.0. The first-order chi connectivity index (χ1) is 19.9. The summed E-state index contributed by atoms with van der Waals surface area (Å²) in [6.45, 7) is 11.9. The van der Waals surface area contributed by atoms with E-state index in [2.05, 4.69) is 34.8 Å². The lowest BCUT2D eigenvalue weighted by molar-refractivity contribution is -0.385. The van der Waals surface area contributed by atoms with Crippen LogP contribution < -0.4 is 16.0 Å². The quantitative estimate of drug-likeness (QED) is 0.0873. The molecule has 1 amide bonds. The Labute approximate surface area is 256 Å². The Morgan fingerprint density at radius 1 is 1.07 bits per heavy atom. The molecule has 42 heavy (non-hydrogen) atoms. The summed E-state index contributed by atoms with van der Waals surface area (Å²) in [4.78, 5) is 39.1. The van der Waals surface area contributed by atoms with Gasteiger partial charge >= 0.3 is 0 Å². The van der Waals surface area contributed by atoms with Crippen LogP contribution in [0.2, 0.25) is 5.02 Å². The van der Waals surface area contributed by atoms with Crippen LogP contribution in [-0.2, 0) is 22.6 Å². The van der Waals surface area contributed by atoms with E-state index in [0.29, 0.717) is 58.9 Å². The number of nitrogens with zero attached hydrogens (tertiary/aromatic N) is 5. The van der Waals surface area contributed by atoms with Crippen LogP contribution in [0.15, 0.2) is 53.7 Å². The third-order valence-corrected chi connectivity index (χ3v) is 7.53. The van der Waals surface area contributed by atoms with Crippen LogP contribution in [0.25, 0.3) is 0 Å². The van der Waals surface area contributed by atoms with Crippen molar-refractivity contribution in [3.05, 3.63) is 80.6 Å². The summed E-state index contributed by atoms with van der Waals surface area (Å²) in [6, 6.07) is 14.5. The molecule has 3 rings (SSSR count). The summed E-state index contributed by atoms with van der Waals surface area (Å²) in [5, 5.41) is 22.8. The number of para-hydroxylation sites is 1. The van der Waals surface area contributed by atoms with Crippen molar-refractivity contribution in [3.63, 3.8) is 0 Å². The summed E-state index contributed by atoms with van der Waals surface area (Å²) in [5.74, 6) is 1.54. The molecule has 11 nitrogen and oxygen atoms in total. The van der Waals surface area contributed by atoms with Gasteiger partial charge in [0.05, 0.1) is 17.0 Å². The van der Waals surface area contributed by atoms with E-state index in [9.17, 15) is 14.9 Å². The van der Waals surface area contributed by atoms with Gasteiger partial charge in [-0.3, -0.25) is 14.9 Å². The van der Waals surface area contributed by atoms with E-state index in [1.54, 1.807) is 23.1 Å². The molecule has 0 unspecified atom stereocenters. The number of rotatable bonds is 16. The van der Waals surface area contributed by atoms with E-state index in [0.717, 1.165) is 12.1 Å². The van der Waals surface area contributed by atoms with E-state index in [-0.39, 0.29) is 18.1 Å². The Kier molecular flexibility index (Phi) is 12.5. The highest BCUT2D eigenvalue weighted by Crippen LogP contribution is 2.25. The smallest absolute Gasteiger partial charge is 0.274 e. The predicted molar refractivity (Wildman–Crippen MR) is 168 cm³/mol. The van der Waals surface area contributed by atoms with Crippen molar-refractivity contribution in [2.45, 2.75) is 63.7 Å². The van der Waals surface area contributed by atoms with Crippen LogP contribution in [0, 0.1) is 10.1 Å². The Bertz CT molecular complexity index is 1340. The van der Waals surface area contributed by atoms with Crippen molar-refractivity contribution in [2.75, 3.05) is 31.5 Å². The van der Waals surface area contributed by atoms with E-state index < -0.39 is 10.5 Å². The van der Waals surface area contributed by atoms with Crippen LogP contribution in [0.4, 0.5) is 11.6 Å². The Morgan fingerprint density at radius 2 is 1.79 bits per heavy atom. The first-order valence-electron chi connectivity index (χ1n) is 13.8. The molecular formula is C29H39ClN8O3S. The Balaban J connectivity index is 1.72. The van der Waals surface area contributed by atoms with Gasteiger partial charge in [0.15, 0.2) is 11.0 Å². The molecule has 0 fully saturated rings. The summed E-state index contributed by atoms with van der Waals surface area (Å²) >= 11 is 7.54. The van der Waals surface area contributed by atoms with Gasteiger partial charge in [0, 0.05) is 61.5 Å². The first kappa shape index (κ1) is 33.2. The van der Waals surface area contributed by atoms with Crippen LogP contribution in [0.3, 0.4) is 0 Å². The molecule has 13 heteroatoms. The third kappa shape index (κ3) is 10.5. The minimum atomic E-state index is -0.660. The maximum atomic E-state index is 12.4. The second-order valence-corrected chi connectivity index (χ2v) is 12.0. The van der Waals surface area contributed by atoms with Crippen LogP contribution in [0.1, 0.15) is 51.6 Å². The highest BCUT2D eigenvalue weighted by Gasteiger charge is 2.26. The molecule has 0 bridgehead atoms. The Hall–Kier alpha value is -3.32. The molecule has 1 aromatic heterocycles. The average Bonchev–Trinajstić information content (AvgIpc) is 2.94. The van der Waals surface area contributed by atoms with E-state index in [1.807, 2.05) is 38.1 Å². The second kappa shape index (κ2) is 15.8. The highest BCUT2D eigenvalue weighted by atomic mass is 35.5. The van der Waals surface area contributed by atoms with Gasteiger partial charge in [-0.05, 0) is 31.5 Å². The van der Waals surface area contributed by atoms with E-state index in [1.165, 1.54) is 24.8 Å². The molecule has 2 aromatic carbocycles. The van der Waals surface area contributed by atoms with Gasteiger partial charge in [-0.25, -0.2) is 4.98 Å². The number of benzene rings is 2.